The first-order chi connectivity index (χ1) is 12.3. The summed E-state index contributed by atoms with van der Waals surface area (Å²) in [6.07, 6.45) is 9.32. The number of unbranched alkanes of at least 4 members (excludes halogenated alkanes) is 2. The number of hydrogen-bond acceptors (Lipinski definition) is 2. The largest absolute Gasteiger partial charge is 0.389 e. The minimum atomic E-state index is -0.198. The van der Waals surface area contributed by atoms with Crippen molar-refractivity contribution in [3.63, 3.8) is 0 Å². The summed E-state index contributed by atoms with van der Waals surface area (Å²) in [5, 5.41) is 9.61. The van der Waals surface area contributed by atoms with Crippen molar-refractivity contribution in [3.8, 4) is 0 Å². The predicted octanol–water partition coefficient (Wildman–Crippen LogP) is 6.47. The second-order valence-electron chi connectivity index (χ2n) is 7.58. The van der Waals surface area contributed by atoms with Gasteiger partial charge in [0.2, 0.25) is 0 Å². The Balaban J connectivity index is 0.000000488. The number of aliphatic hydroxyl groups excluding tert-OH is 1. The Morgan fingerprint density at radius 1 is 1.08 bits per heavy atom. The molecule has 0 fully saturated rings. The average Bonchev–Trinajstić information content (AvgIpc) is 2.63. The Kier molecular flexibility index (Phi) is 13.9. The van der Waals surface area contributed by atoms with Crippen molar-refractivity contribution in [1.82, 2.24) is 0 Å². The van der Waals surface area contributed by atoms with E-state index in [9.17, 15) is 9.90 Å². The highest BCUT2D eigenvalue weighted by Crippen LogP contribution is 2.16. The maximum Gasteiger partial charge on any atom is 0.123 e. The SMILES string of the molecule is CC(C=O)Cc1ccc(C(C)C)cc1.CC/C=C(\C)C(O)CCCCC. The van der Waals surface area contributed by atoms with Gasteiger partial charge >= 0.3 is 0 Å². The van der Waals surface area contributed by atoms with Gasteiger partial charge in [-0.15, -0.1) is 0 Å². The van der Waals surface area contributed by atoms with Crippen LogP contribution < -0.4 is 0 Å². The molecular formula is C24H40O2. The van der Waals surface area contributed by atoms with Gasteiger partial charge in [0.05, 0.1) is 6.10 Å². The zero-order valence-electron chi connectivity index (χ0n) is 17.8. The lowest BCUT2D eigenvalue weighted by Crippen LogP contribution is -2.07. The van der Waals surface area contributed by atoms with Gasteiger partial charge < -0.3 is 9.90 Å². The first-order valence-electron chi connectivity index (χ1n) is 10.2. The zero-order valence-corrected chi connectivity index (χ0v) is 17.8. The smallest absolute Gasteiger partial charge is 0.123 e. The van der Waals surface area contributed by atoms with Crippen LogP contribution in [0.1, 0.15) is 90.7 Å². The van der Waals surface area contributed by atoms with Crippen LogP contribution in [0.4, 0.5) is 0 Å². The summed E-state index contributed by atoms with van der Waals surface area (Å²) in [6.45, 7) is 12.6. The Morgan fingerprint density at radius 3 is 2.15 bits per heavy atom. The molecule has 1 aromatic carbocycles. The molecular weight excluding hydrogens is 320 g/mol. The number of hydrogen-bond donors (Lipinski definition) is 1. The third kappa shape index (κ3) is 11.3. The van der Waals surface area contributed by atoms with Gasteiger partial charge in [0, 0.05) is 5.92 Å². The average molecular weight is 361 g/mol. The molecule has 0 saturated carbocycles. The second kappa shape index (κ2) is 14.7. The highest BCUT2D eigenvalue weighted by Gasteiger charge is 2.04. The first-order valence-corrected chi connectivity index (χ1v) is 10.2. The molecule has 2 nitrogen and oxygen atoms in total. The standard InChI is InChI=1S/C13H18O.C11H22O/c1-10(2)13-6-4-12(5-7-13)8-11(3)9-14;1-4-6-7-9-11(12)10(3)8-5-2/h4-7,9-11H,8H2,1-3H3;8,11-12H,4-7,9H2,1-3H3/b;10-8+. The number of benzene rings is 1. The third-order valence-electron chi connectivity index (χ3n) is 4.57. The van der Waals surface area contributed by atoms with Gasteiger partial charge in [0.25, 0.3) is 0 Å². The van der Waals surface area contributed by atoms with Crippen LogP contribution in [0.5, 0.6) is 0 Å². The maximum atomic E-state index is 10.5. The van der Waals surface area contributed by atoms with Crippen LogP contribution in [-0.2, 0) is 11.2 Å². The normalized spacial score (nSPS) is 13.8. The Hall–Kier alpha value is -1.41. The molecule has 0 spiro atoms. The van der Waals surface area contributed by atoms with E-state index in [2.05, 4.69) is 58.0 Å². The molecule has 26 heavy (non-hydrogen) atoms. The number of aliphatic hydroxyl groups is 1. The number of carbonyl (C=O) groups excluding carboxylic acids is 1. The molecule has 0 amide bonds. The van der Waals surface area contributed by atoms with E-state index in [0.29, 0.717) is 5.92 Å². The minimum absolute atomic E-state index is 0.125. The van der Waals surface area contributed by atoms with Crippen LogP contribution in [0, 0.1) is 5.92 Å². The van der Waals surface area contributed by atoms with Crippen LogP contribution in [0.3, 0.4) is 0 Å². The van der Waals surface area contributed by atoms with Gasteiger partial charge in [-0.25, -0.2) is 0 Å². The molecule has 2 unspecified atom stereocenters. The third-order valence-corrected chi connectivity index (χ3v) is 4.57. The van der Waals surface area contributed by atoms with Gasteiger partial charge in [0.15, 0.2) is 0 Å². The molecule has 1 aromatic rings. The fraction of sp³-hybridized carbons (Fsp3) is 0.625. The van der Waals surface area contributed by atoms with Crippen molar-refractivity contribution >= 4 is 6.29 Å². The lowest BCUT2D eigenvalue weighted by Gasteiger charge is -2.10. The zero-order chi connectivity index (χ0) is 19.9. The van der Waals surface area contributed by atoms with E-state index in [-0.39, 0.29) is 12.0 Å². The number of allylic oxidation sites excluding steroid dienone is 1. The predicted molar refractivity (Wildman–Crippen MR) is 114 cm³/mol. The van der Waals surface area contributed by atoms with Crippen molar-refractivity contribution in [2.24, 2.45) is 5.92 Å². The van der Waals surface area contributed by atoms with Crippen molar-refractivity contribution in [1.29, 1.82) is 0 Å². The molecule has 0 radical (unpaired) electrons. The number of rotatable bonds is 10. The van der Waals surface area contributed by atoms with Gasteiger partial charge in [-0.1, -0.05) is 84.2 Å². The summed E-state index contributed by atoms with van der Waals surface area (Å²) >= 11 is 0. The molecule has 0 aliphatic heterocycles. The molecule has 1 rings (SSSR count). The monoisotopic (exact) mass is 360 g/mol. The molecule has 0 aromatic heterocycles. The molecule has 1 N–H and O–H groups in total. The van der Waals surface area contributed by atoms with Crippen LogP contribution >= 0.6 is 0 Å². The topological polar surface area (TPSA) is 37.3 Å². The van der Waals surface area contributed by atoms with E-state index in [0.717, 1.165) is 37.5 Å². The summed E-state index contributed by atoms with van der Waals surface area (Å²) < 4.78 is 0. The maximum absolute atomic E-state index is 10.5. The first kappa shape index (κ1) is 24.6. The molecule has 0 aliphatic rings. The minimum Gasteiger partial charge on any atom is -0.389 e. The summed E-state index contributed by atoms with van der Waals surface area (Å²) in [5.74, 6) is 0.701. The number of aldehydes is 1. The highest BCUT2D eigenvalue weighted by atomic mass is 16.3. The Labute approximate surface area is 161 Å². The molecule has 0 aliphatic carbocycles. The fourth-order valence-corrected chi connectivity index (χ4v) is 2.73. The summed E-state index contributed by atoms with van der Waals surface area (Å²) in [6, 6.07) is 8.54. The van der Waals surface area contributed by atoms with E-state index in [4.69, 9.17) is 0 Å². The van der Waals surface area contributed by atoms with E-state index < -0.39 is 0 Å². The molecule has 2 heteroatoms. The van der Waals surface area contributed by atoms with E-state index in [1.54, 1.807) is 0 Å². The molecule has 0 saturated heterocycles. The van der Waals surface area contributed by atoms with E-state index >= 15 is 0 Å². The summed E-state index contributed by atoms with van der Waals surface area (Å²) in [7, 11) is 0. The van der Waals surface area contributed by atoms with E-state index in [1.807, 2.05) is 13.8 Å². The number of carbonyl (C=O) groups is 1. The highest BCUT2D eigenvalue weighted by molar-refractivity contribution is 5.53. The Bertz CT molecular complexity index is 499. The Morgan fingerprint density at radius 2 is 1.69 bits per heavy atom. The van der Waals surface area contributed by atoms with Crippen molar-refractivity contribution in [3.05, 3.63) is 47.0 Å². The lowest BCUT2D eigenvalue weighted by molar-refractivity contribution is -0.110. The second-order valence-corrected chi connectivity index (χ2v) is 7.58. The fourth-order valence-electron chi connectivity index (χ4n) is 2.73. The van der Waals surface area contributed by atoms with Gasteiger partial charge in [-0.05, 0) is 48.8 Å². The molecule has 148 valence electrons. The molecule has 2 atom stereocenters. The van der Waals surface area contributed by atoms with Crippen molar-refractivity contribution < 1.29 is 9.90 Å². The molecule has 0 heterocycles. The van der Waals surface area contributed by atoms with E-state index in [1.165, 1.54) is 24.0 Å². The quantitative estimate of drug-likeness (QED) is 0.295. The van der Waals surface area contributed by atoms with Crippen LogP contribution in [0.25, 0.3) is 0 Å². The van der Waals surface area contributed by atoms with Crippen LogP contribution in [-0.4, -0.2) is 17.5 Å². The molecule has 0 bridgehead atoms. The summed E-state index contributed by atoms with van der Waals surface area (Å²) in [5.41, 5.74) is 3.73. The van der Waals surface area contributed by atoms with Crippen molar-refractivity contribution in [2.45, 2.75) is 92.1 Å². The summed E-state index contributed by atoms with van der Waals surface area (Å²) in [4.78, 5) is 10.5. The van der Waals surface area contributed by atoms with Gasteiger partial charge in [-0.3, -0.25) is 0 Å². The van der Waals surface area contributed by atoms with Crippen LogP contribution in [0.15, 0.2) is 35.9 Å². The van der Waals surface area contributed by atoms with Gasteiger partial charge in [0.1, 0.15) is 6.29 Å². The van der Waals surface area contributed by atoms with Crippen LogP contribution in [0.2, 0.25) is 0 Å². The van der Waals surface area contributed by atoms with Gasteiger partial charge in [-0.2, -0.15) is 0 Å². The van der Waals surface area contributed by atoms with Crippen molar-refractivity contribution in [2.75, 3.05) is 0 Å². The lowest BCUT2D eigenvalue weighted by atomic mass is 9.98.